The van der Waals surface area contributed by atoms with E-state index in [1.165, 1.54) is 10.9 Å². The minimum atomic E-state index is 0.697. The molecule has 0 spiro atoms. The predicted octanol–water partition coefficient (Wildman–Crippen LogP) is 2.90. The molecule has 3 nitrogen and oxygen atoms in total. The molecule has 1 aromatic carbocycles. The fraction of sp³-hybridized carbons (Fsp3) is 0.0714. The van der Waals surface area contributed by atoms with E-state index in [2.05, 4.69) is 34.2 Å². The summed E-state index contributed by atoms with van der Waals surface area (Å²) in [6.45, 7) is 0. The SMILES string of the molecule is O=Cc1c[nH]c(Cc2ccc3[nH]ccc3c2)c1. The topological polar surface area (TPSA) is 48.6 Å². The highest BCUT2D eigenvalue weighted by molar-refractivity contribution is 5.80. The maximum absolute atomic E-state index is 10.6. The molecule has 0 aliphatic rings. The number of benzene rings is 1. The van der Waals surface area contributed by atoms with Gasteiger partial charge < -0.3 is 9.97 Å². The Kier molecular flexibility index (Phi) is 2.29. The maximum Gasteiger partial charge on any atom is 0.151 e. The number of fused-ring (bicyclic) bond motifs is 1. The van der Waals surface area contributed by atoms with Gasteiger partial charge in [-0.1, -0.05) is 6.07 Å². The molecule has 0 aliphatic carbocycles. The van der Waals surface area contributed by atoms with E-state index >= 15 is 0 Å². The van der Waals surface area contributed by atoms with E-state index in [0.717, 1.165) is 23.9 Å². The summed E-state index contributed by atoms with van der Waals surface area (Å²) in [6, 6.07) is 10.3. The van der Waals surface area contributed by atoms with Crippen molar-refractivity contribution in [3.63, 3.8) is 0 Å². The second-order valence-corrected chi connectivity index (χ2v) is 4.15. The van der Waals surface area contributed by atoms with Crippen LogP contribution >= 0.6 is 0 Å². The fourth-order valence-electron chi connectivity index (χ4n) is 2.06. The van der Waals surface area contributed by atoms with Crippen molar-refractivity contribution in [2.45, 2.75) is 6.42 Å². The lowest BCUT2D eigenvalue weighted by atomic mass is 10.1. The molecule has 3 rings (SSSR count). The zero-order valence-corrected chi connectivity index (χ0v) is 9.23. The molecular weight excluding hydrogens is 212 g/mol. The minimum Gasteiger partial charge on any atom is -0.364 e. The van der Waals surface area contributed by atoms with Gasteiger partial charge in [0.1, 0.15) is 0 Å². The highest BCUT2D eigenvalue weighted by Gasteiger charge is 2.01. The predicted molar refractivity (Wildman–Crippen MR) is 67.3 cm³/mol. The molecule has 2 heterocycles. The van der Waals surface area contributed by atoms with Gasteiger partial charge in [-0.05, 0) is 35.2 Å². The third kappa shape index (κ3) is 1.87. The molecule has 0 fully saturated rings. The second-order valence-electron chi connectivity index (χ2n) is 4.15. The molecule has 2 N–H and O–H groups in total. The zero-order valence-electron chi connectivity index (χ0n) is 9.23. The van der Waals surface area contributed by atoms with Gasteiger partial charge in [0.15, 0.2) is 6.29 Å². The number of rotatable bonds is 3. The van der Waals surface area contributed by atoms with Crippen molar-refractivity contribution in [3.8, 4) is 0 Å². The lowest BCUT2D eigenvalue weighted by Crippen LogP contribution is -1.87. The number of nitrogens with one attached hydrogen (secondary N) is 2. The molecule has 0 atom stereocenters. The summed E-state index contributed by atoms with van der Waals surface area (Å²) in [5.41, 5.74) is 4.13. The van der Waals surface area contributed by atoms with Gasteiger partial charge in [-0.15, -0.1) is 0 Å². The van der Waals surface area contributed by atoms with Crippen molar-refractivity contribution in [3.05, 3.63) is 59.5 Å². The third-order valence-corrected chi connectivity index (χ3v) is 2.91. The number of carbonyl (C=O) groups is 1. The van der Waals surface area contributed by atoms with Gasteiger partial charge in [0.2, 0.25) is 0 Å². The van der Waals surface area contributed by atoms with Crippen molar-refractivity contribution in [2.75, 3.05) is 0 Å². The van der Waals surface area contributed by atoms with Crippen LogP contribution in [0.2, 0.25) is 0 Å². The number of aromatic amines is 2. The zero-order chi connectivity index (χ0) is 11.7. The number of carbonyl (C=O) groups excluding carboxylic acids is 1. The molecular formula is C14H12N2O. The van der Waals surface area contributed by atoms with Gasteiger partial charge >= 0.3 is 0 Å². The third-order valence-electron chi connectivity index (χ3n) is 2.91. The van der Waals surface area contributed by atoms with Gasteiger partial charge in [0.05, 0.1) is 0 Å². The summed E-state index contributed by atoms with van der Waals surface area (Å²) in [5, 5.41) is 1.21. The number of hydrogen-bond donors (Lipinski definition) is 2. The Labute approximate surface area is 98.5 Å². The first-order chi connectivity index (χ1) is 8.35. The maximum atomic E-state index is 10.6. The molecule has 0 saturated heterocycles. The minimum absolute atomic E-state index is 0.697. The van der Waals surface area contributed by atoms with Gasteiger partial charge in [0, 0.05) is 35.6 Å². The quantitative estimate of drug-likeness (QED) is 0.660. The van der Waals surface area contributed by atoms with Gasteiger partial charge in [-0.3, -0.25) is 4.79 Å². The normalized spacial score (nSPS) is 10.8. The van der Waals surface area contributed by atoms with Gasteiger partial charge in [-0.25, -0.2) is 0 Å². The van der Waals surface area contributed by atoms with Crippen LogP contribution in [0, 0.1) is 0 Å². The number of hydrogen-bond acceptors (Lipinski definition) is 1. The molecule has 2 aromatic heterocycles. The van der Waals surface area contributed by atoms with Crippen LogP contribution in [0.25, 0.3) is 10.9 Å². The first kappa shape index (κ1) is 9.90. The molecule has 0 unspecified atom stereocenters. The van der Waals surface area contributed by atoms with E-state index in [4.69, 9.17) is 0 Å². The summed E-state index contributed by atoms with van der Waals surface area (Å²) < 4.78 is 0. The van der Waals surface area contributed by atoms with E-state index in [0.29, 0.717) is 5.56 Å². The Balaban J connectivity index is 1.90. The Hall–Kier alpha value is -2.29. The molecule has 3 aromatic rings. The number of aldehydes is 1. The molecule has 84 valence electrons. The largest absolute Gasteiger partial charge is 0.364 e. The van der Waals surface area contributed by atoms with E-state index in [1.807, 2.05) is 12.3 Å². The van der Waals surface area contributed by atoms with E-state index in [9.17, 15) is 4.79 Å². The van der Waals surface area contributed by atoms with Crippen LogP contribution in [0.15, 0.2) is 42.7 Å². The van der Waals surface area contributed by atoms with E-state index < -0.39 is 0 Å². The van der Waals surface area contributed by atoms with Crippen molar-refractivity contribution in [1.29, 1.82) is 0 Å². The Morgan fingerprint density at radius 1 is 1.12 bits per heavy atom. The molecule has 0 amide bonds. The summed E-state index contributed by atoms with van der Waals surface area (Å²) >= 11 is 0. The summed E-state index contributed by atoms with van der Waals surface area (Å²) in [7, 11) is 0. The smallest absolute Gasteiger partial charge is 0.151 e. The molecule has 0 aliphatic heterocycles. The van der Waals surface area contributed by atoms with Gasteiger partial charge in [0.25, 0.3) is 0 Å². The monoisotopic (exact) mass is 224 g/mol. The summed E-state index contributed by atoms with van der Waals surface area (Å²) in [6.07, 6.45) is 5.34. The van der Waals surface area contributed by atoms with E-state index in [-0.39, 0.29) is 0 Å². The summed E-state index contributed by atoms with van der Waals surface area (Å²) in [4.78, 5) is 16.9. The lowest BCUT2D eigenvalue weighted by molar-refractivity contribution is 0.112. The molecule has 17 heavy (non-hydrogen) atoms. The van der Waals surface area contributed by atoms with Crippen LogP contribution in [-0.4, -0.2) is 16.3 Å². The Bertz CT molecular complexity index is 663. The second kappa shape index (κ2) is 3.94. The average molecular weight is 224 g/mol. The molecule has 0 radical (unpaired) electrons. The first-order valence-corrected chi connectivity index (χ1v) is 5.53. The van der Waals surface area contributed by atoms with Crippen LogP contribution in [0.5, 0.6) is 0 Å². The van der Waals surface area contributed by atoms with Crippen molar-refractivity contribution in [1.82, 2.24) is 9.97 Å². The van der Waals surface area contributed by atoms with Crippen LogP contribution in [0.3, 0.4) is 0 Å². The van der Waals surface area contributed by atoms with Crippen LogP contribution in [0.4, 0.5) is 0 Å². The van der Waals surface area contributed by atoms with Crippen LogP contribution in [-0.2, 0) is 6.42 Å². The first-order valence-electron chi connectivity index (χ1n) is 5.53. The number of aromatic nitrogens is 2. The molecule has 0 bridgehead atoms. The fourth-order valence-corrected chi connectivity index (χ4v) is 2.06. The standard InChI is InChI=1S/C14H12N2O/c17-9-11-7-13(16-8-11)6-10-1-2-14-12(5-10)3-4-15-14/h1-5,7-9,15-16H,6H2. The number of H-pyrrole nitrogens is 2. The van der Waals surface area contributed by atoms with E-state index in [1.54, 1.807) is 6.20 Å². The lowest BCUT2D eigenvalue weighted by Gasteiger charge is -1.99. The van der Waals surface area contributed by atoms with Crippen LogP contribution in [0.1, 0.15) is 21.6 Å². The highest BCUT2D eigenvalue weighted by atomic mass is 16.1. The van der Waals surface area contributed by atoms with Crippen molar-refractivity contribution < 1.29 is 4.79 Å². The van der Waals surface area contributed by atoms with Crippen molar-refractivity contribution in [2.24, 2.45) is 0 Å². The Morgan fingerprint density at radius 3 is 2.88 bits per heavy atom. The van der Waals surface area contributed by atoms with Gasteiger partial charge in [-0.2, -0.15) is 0 Å². The average Bonchev–Trinajstić information content (AvgIpc) is 2.96. The molecule has 0 saturated carbocycles. The van der Waals surface area contributed by atoms with Crippen molar-refractivity contribution >= 4 is 17.2 Å². The highest BCUT2D eigenvalue weighted by Crippen LogP contribution is 2.16. The molecule has 3 heteroatoms. The Morgan fingerprint density at radius 2 is 2.06 bits per heavy atom. The van der Waals surface area contributed by atoms with Crippen LogP contribution < -0.4 is 0 Å². The summed E-state index contributed by atoms with van der Waals surface area (Å²) in [5.74, 6) is 0.